The Morgan fingerprint density at radius 2 is 1.96 bits per heavy atom. The molecule has 2 aromatic carbocycles. The van der Waals surface area contributed by atoms with Gasteiger partial charge in [-0.2, -0.15) is 5.10 Å². The van der Waals surface area contributed by atoms with Crippen LogP contribution in [0, 0.1) is 0 Å². The molecule has 0 unspecified atom stereocenters. The van der Waals surface area contributed by atoms with Crippen LogP contribution in [0.4, 0.5) is 5.69 Å². The van der Waals surface area contributed by atoms with Crippen molar-refractivity contribution in [3.05, 3.63) is 59.7 Å². The zero-order chi connectivity index (χ0) is 19.2. The van der Waals surface area contributed by atoms with Crippen LogP contribution < -0.4 is 15.1 Å². The largest absolute Gasteiger partial charge is 0.482 e. The van der Waals surface area contributed by atoms with Crippen molar-refractivity contribution < 1.29 is 23.9 Å². The molecule has 0 bridgehead atoms. The van der Waals surface area contributed by atoms with E-state index in [4.69, 9.17) is 9.47 Å². The Labute approximate surface area is 155 Å². The Kier molecular flexibility index (Phi) is 5.46. The standard InChI is InChI=1S/C19H17N3O5/c1-26-19(25)14-7-3-2-6-13(14)10-20-21-17(23)11-22-15-8-4-5-9-16(15)27-12-18(22)24/h2-10H,11-12H2,1H3,(H,21,23)/b20-10-. The van der Waals surface area contributed by atoms with Gasteiger partial charge in [0.2, 0.25) is 0 Å². The second kappa shape index (κ2) is 8.13. The van der Waals surface area contributed by atoms with E-state index < -0.39 is 11.9 Å². The second-order valence-corrected chi connectivity index (χ2v) is 5.61. The highest BCUT2D eigenvalue weighted by Crippen LogP contribution is 2.31. The van der Waals surface area contributed by atoms with E-state index in [2.05, 4.69) is 10.5 Å². The molecule has 0 radical (unpaired) electrons. The van der Waals surface area contributed by atoms with Gasteiger partial charge in [0.1, 0.15) is 12.3 Å². The predicted molar refractivity (Wildman–Crippen MR) is 97.8 cm³/mol. The van der Waals surface area contributed by atoms with E-state index in [-0.39, 0.29) is 19.1 Å². The molecule has 0 spiro atoms. The molecule has 1 heterocycles. The topological polar surface area (TPSA) is 97.3 Å². The average Bonchev–Trinajstić information content (AvgIpc) is 2.70. The van der Waals surface area contributed by atoms with Crippen molar-refractivity contribution in [1.82, 2.24) is 5.43 Å². The minimum Gasteiger partial charge on any atom is -0.482 e. The van der Waals surface area contributed by atoms with Crippen LogP contribution in [-0.2, 0) is 14.3 Å². The van der Waals surface area contributed by atoms with Gasteiger partial charge in [-0.1, -0.05) is 30.3 Å². The van der Waals surface area contributed by atoms with Gasteiger partial charge < -0.3 is 9.47 Å². The van der Waals surface area contributed by atoms with Gasteiger partial charge in [-0.15, -0.1) is 0 Å². The molecule has 0 saturated heterocycles. The second-order valence-electron chi connectivity index (χ2n) is 5.61. The number of fused-ring (bicyclic) bond motifs is 1. The third kappa shape index (κ3) is 4.12. The van der Waals surface area contributed by atoms with Crippen LogP contribution in [0.3, 0.4) is 0 Å². The Morgan fingerprint density at radius 3 is 2.78 bits per heavy atom. The molecule has 0 atom stereocenters. The van der Waals surface area contributed by atoms with Crippen LogP contribution in [0.15, 0.2) is 53.6 Å². The lowest BCUT2D eigenvalue weighted by Crippen LogP contribution is -2.44. The zero-order valence-electron chi connectivity index (χ0n) is 14.5. The third-order valence-corrected chi connectivity index (χ3v) is 3.87. The highest BCUT2D eigenvalue weighted by molar-refractivity contribution is 6.02. The molecule has 1 N–H and O–H groups in total. The van der Waals surface area contributed by atoms with Gasteiger partial charge in [0.25, 0.3) is 11.8 Å². The number of rotatable bonds is 5. The quantitative estimate of drug-likeness (QED) is 0.489. The summed E-state index contributed by atoms with van der Waals surface area (Å²) in [7, 11) is 1.29. The molecule has 0 aromatic heterocycles. The number of hydrogen-bond acceptors (Lipinski definition) is 6. The Balaban J connectivity index is 1.67. The monoisotopic (exact) mass is 367 g/mol. The maximum atomic E-state index is 12.2. The first-order valence-corrected chi connectivity index (χ1v) is 8.11. The molecule has 0 fully saturated rings. The number of ether oxygens (including phenoxy) is 2. The number of carbonyl (C=O) groups excluding carboxylic acids is 3. The van der Waals surface area contributed by atoms with Gasteiger partial charge in [-0.25, -0.2) is 10.2 Å². The van der Waals surface area contributed by atoms with Crippen LogP contribution in [0.2, 0.25) is 0 Å². The van der Waals surface area contributed by atoms with Crippen molar-refractivity contribution in [3.63, 3.8) is 0 Å². The highest BCUT2D eigenvalue weighted by atomic mass is 16.5. The Morgan fingerprint density at radius 1 is 1.22 bits per heavy atom. The maximum Gasteiger partial charge on any atom is 0.338 e. The number of methoxy groups -OCH3 is 1. The fourth-order valence-corrected chi connectivity index (χ4v) is 2.59. The number of para-hydroxylation sites is 2. The number of esters is 1. The molecule has 8 nitrogen and oxygen atoms in total. The zero-order valence-corrected chi connectivity index (χ0v) is 14.5. The molecule has 0 saturated carbocycles. The molecule has 8 heteroatoms. The summed E-state index contributed by atoms with van der Waals surface area (Å²) in [4.78, 5) is 37.3. The molecule has 27 heavy (non-hydrogen) atoms. The van der Waals surface area contributed by atoms with Gasteiger partial charge in [0.15, 0.2) is 6.61 Å². The Hall–Kier alpha value is -3.68. The van der Waals surface area contributed by atoms with E-state index >= 15 is 0 Å². The van der Waals surface area contributed by atoms with Gasteiger partial charge in [-0.3, -0.25) is 14.5 Å². The van der Waals surface area contributed by atoms with Crippen LogP contribution in [-0.4, -0.2) is 44.3 Å². The summed E-state index contributed by atoms with van der Waals surface area (Å²) in [6.07, 6.45) is 1.35. The van der Waals surface area contributed by atoms with Crippen molar-refractivity contribution in [2.75, 3.05) is 25.2 Å². The van der Waals surface area contributed by atoms with E-state index in [0.717, 1.165) is 0 Å². The summed E-state index contributed by atoms with van der Waals surface area (Å²) < 4.78 is 10.0. The van der Waals surface area contributed by atoms with E-state index in [9.17, 15) is 14.4 Å². The molecule has 1 aliphatic rings. The number of benzene rings is 2. The lowest BCUT2D eigenvalue weighted by molar-refractivity contribution is -0.125. The van der Waals surface area contributed by atoms with E-state index in [0.29, 0.717) is 22.6 Å². The van der Waals surface area contributed by atoms with Crippen LogP contribution in [0.25, 0.3) is 0 Å². The molecule has 3 rings (SSSR count). The molecular weight excluding hydrogens is 350 g/mol. The number of nitrogens with zero attached hydrogens (tertiary/aromatic N) is 2. The van der Waals surface area contributed by atoms with E-state index in [1.165, 1.54) is 18.2 Å². The number of hydrazone groups is 1. The smallest absolute Gasteiger partial charge is 0.338 e. The molecular formula is C19H17N3O5. The third-order valence-electron chi connectivity index (χ3n) is 3.87. The van der Waals surface area contributed by atoms with Crippen LogP contribution >= 0.6 is 0 Å². The van der Waals surface area contributed by atoms with Crippen molar-refractivity contribution in [2.24, 2.45) is 5.10 Å². The van der Waals surface area contributed by atoms with Crippen molar-refractivity contribution in [2.45, 2.75) is 0 Å². The number of hydrogen-bond donors (Lipinski definition) is 1. The normalized spacial score (nSPS) is 13.1. The first kappa shape index (κ1) is 18.1. The summed E-state index contributed by atoms with van der Waals surface area (Å²) in [6.45, 7) is -0.324. The molecule has 1 aliphatic heterocycles. The lowest BCUT2D eigenvalue weighted by Gasteiger charge is -2.28. The van der Waals surface area contributed by atoms with Gasteiger partial charge in [-0.05, 0) is 18.2 Å². The average molecular weight is 367 g/mol. The number of nitrogens with one attached hydrogen (secondary N) is 1. The van der Waals surface area contributed by atoms with Gasteiger partial charge >= 0.3 is 5.97 Å². The van der Waals surface area contributed by atoms with Crippen LogP contribution in [0.5, 0.6) is 5.75 Å². The lowest BCUT2D eigenvalue weighted by atomic mass is 10.1. The maximum absolute atomic E-state index is 12.2. The fraction of sp³-hybridized carbons (Fsp3) is 0.158. The van der Waals surface area contributed by atoms with Crippen molar-refractivity contribution in [1.29, 1.82) is 0 Å². The SMILES string of the molecule is COC(=O)c1ccccc1/C=N\NC(=O)CN1C(=O)COc2ccccc21. The highest BCUT2D eigenvalue weighted by Gasteiger charge is 2.26. The first-order valence-electron chi connectivity index (χ1n) is 8.11. The minimum absolute atomic E-state index is 0.125. The predicted octanol–water partition coefficient (Wildman–Crippen LogP) is 1.35. The molecule has 2 amide bonds. The van der Waals surface area contributed by atoms with Gasteiger partial charge in [0.05, 0.1) is 24.6 Å². The first-order chi connectivity index (χ1) is 13.1. The fourth-order valence-electron chi connectivity index (χ4n) is 2.59. The van der Waals surface area contributed by atoms with E-state index in [1.807, 2.05) is 0 Å². The summed E-state index contributed by atoms with van der Waals surface area (Å²) in [6, 6.07) is 13.7. The number of amides is 2. The Bertz CT molecular complexity index is 910. The molecule has 0 aliphatic carbocycles. The van der Waals surface area contributed by atoms with Crippen molar-refractivity contribution >= 4 is 29.7 Å². The minimum atomic E-state index is -0.501. The summed E-state index contributed by atoms with van der Waals surface area (Å²) >= 11 is 0. The van der Waals surface area contributed by atoms with Crippen LogP contribution in [0.1, 0.15) is 15.9 Å². The molecule has 138 valence electrons. The van der Waals surface area contributed by atoms with Crippen molar-refractivity contribution in [3.8, 4) is 5.75 Å². The van der Waals surface area contributed by atoms with Gasteiger partial charge in [0, 0.05) is 5.56 Å². The summed E-state index contributed by atoms with van der Waals surface area (Å²) in [5.74, 6) is -0.755. The molecule has 2 aromatic rings. The number of carbonyl (C=O) groups is 3. The number of anilines is 1. The summed E-state index contributed by atoms with van der Waals surface area (Å²) in [5, 5.41) is 3.86. The summed E-state index contributed by atoms with van der Waals surface area (Å²) in [5.41, 5.74) is 3.72. The van der Waals surface area contributed by atoms with E-state index in [1.54, 1.807) is 48.5 Å².